The summed E-state index contributed by atoms with van der Waals surface area (Å²) in [6.45, 7) is 1.70. The standard InChI is InChI=1S/C20H16Cl2F3NO3/c1-10-6-12(29-20(23,24)25)9-17-14(10)7-11(26(17)2)8-15-16(21)5-4-13(18(15)22)19(27)28-3/h4-7,9H,8H2,1-3H3. The second-order valence-electron chi connectivity index (χ2n) is 6.47. The molecule has 0 aliphatic rings. The number of aromatic nitrogens is 1. The first-order valence-corrected chi connectivity index (χ1v) is 9.17. The summed E-state index contributed by atoms with van der Waals surface area (Å²) >= 11 is 12.7. The van der Waals surface area contributed by atoms with Crippen molar-refractivity contribution in [2.24, 2.45) is 7.05 Å². The van der Waals surface area contributed by atoms with Crippen molar-refractivity contribution in [1.82, 2.24) is 4.57 Å². The van der Waals surface area contributed by atoms with Gasteiger partial charge in [0, 0.05) is 35.6 Å². The maximum atomic E-state index is 12.6. The molecule has 0 spiro atoms. The summed E-state index contributed by atoms with van der Waals surface area (Å²) in [6.07, 6.45) is -4.51. The quantitative estimate of drug-likeness (QED) is 0.457. The van der Waals surface area contributed by atoms with E-state index >= 15 is 0 Å². The third kappa shape index (κ3) is 4.31. The topological polar surface area (TPSA) is 40.5 Å². The molecule has 2 aromatic carbocycles. The maximum absolute atomic E-state index is 12.6. The lowest BCUT2D eigenvalue weighted by molar-refractivity contribution is -0.274. The Bertz CT molecular complexity index is 1110. The van der Waals surface area contributed by atoms with Gasteiger partial charge in [-0.3, -0.25) is 0 Å². The normalized spacial score (nSPS) is 11.7. The second-order valence-corrected chi connectivity index (χ2v) is 7.26. The largest absolute Gasteiger partial charge is 0.573 e. The molecule has 0 N–H and O–H groups in total. The molecule has 0 fully saturated rings. The predicted octanol–water partition coefficient (Wildman–Crippen LogP) is 6.07. The van der Waals surface area contributed by atoms with Crippen LogP contribution in [-0.2, 0) is 18.2 Å². The number of benzene rings is 2. The number of esters is 1. The third-order valence-corrected chi connectivity index (χ3v) is 5.41. The number of ether oxygens (including phenoxy) is 2. The van der Waals surface area contributed by atoms with Gasteiger partial charge in [0.1, 0.15) is 5.75 Å². The van der Waals surface area contributed by atoms with Crippen LogP contribution in [0.4, 0.5) is 13.2 Å². The smallest absolute Gasteiger partial charge is 0.465 e. The summed E-state index contributed by atoms with van der Waals surface area (Å²) in [5, 5.41) is 1.31. The van der Waals surface area contributed by atoms with E-state index in [9.17, 15) is 18.0 Å². The molecular formula is C20H16Cl2F3NO3. The van der Waals surface area contributed by atoms with Crippen LogP contribution in [0.3, 0.4) is 0 Å². The molecule has 0 atom stereocenters. The third-order valence-electron chi connectivity index (χ3n) is 4.62. The summed E-state index contributed by atoms with van der Waals surface area (Å²) in [5.74, 6) is -0.881. The van der Waals surface area contributed by atoms with E-state index in [0.717, 1.165) is 11.1 Å². The zero-order chi connectivity index (χ0) is 21.5. The first-order valence-electron chi connectivity index (χ1n) is 8.41. The van der Waals surface area contributed by atoms with E-state index in [4.69, 9.17) is 27.9 Å². The fraction of sp³-hybridized carbons (Fsp3) is 0.250. The van der Waals surface area contributed by atoms with E-state index < -0.39 is 12.3 Å². The minimum Gasteiger partial charge on any atom is -0.465 e. The van der Waals surface area contributed by atoms with Crippen LogP contribution in [0.5, 0.6) is 5.75 Å². The molecule has 0 radical (unpaired) electrons. The Hall–Kier alpha value is -2.38. The molecule has 0 bridgehead atoms. The van der Waals surface area contributed by atoms with Gasteiger partial charge in [0.25, 0.3) is 0 Å². The number of hydrogen-bond acceptors (Lipinski definition) is 3. The van der Waals surface area contributed by atoms with Gasteiger partial charge in [-0.1, -0.05) is 23.2 Å². The number of carbonyl (C=O) groups excluding carboxylic acids is 1. The lowest BCUT2D eigenvalue weighted by Gasteiger charge is -2.12. The molecule has 0 aliphatic carbocycles. The fourth-order valence-corrected chi connectivity index (χ4v) is 3.78. The van der Waals surface area contributed by atoms with Crippen LogP contribution in [0.2, 0.25) is 10.0 Å². The Kier molecular flexibility index (Phi) is 5.74. The first kappa shape index (κ1) is 21.3. The SMILES string of the molecule is COC(=O)c1ccc(Cl)c(Cc2cc3c(C)cc(OC(F)(F)F)cc3n2C)c1Cl. The molecule has 0 saturated heterocycles. The Morgan fingerprint density at radius 2 is 1.86 bits per heavy atom. The van der Waals surface area contributed by atoms with Crippen LogP contribution in [0.15, 0.2) is 30.3 Å². The van der Waals surface area contributed by atoms with Crippen LogP contribution in [0.25, 0.3) is 10.9 Å². The average molecular weight is 446 g/mol. The summed E-state index contributed by atoms with van der Waals surface area (Å²) < 4.78 is 48.3. The van der Waals surface area contributed by atoms with Crippen LogP contribution in [0, 0.1) is 6.92 Å². The fourth-order valence-electron chi connectivity index (χ4n) is 3.20. The molecule has 0 amide bonds. The monoisotopic (exact) mass is 445 g/mol. The molecule has 1 heterocycles. The van der Waals surface area contributed by atoms with Gasteiger partial charge in [0.05, 0.1) is 23.2 Å². The molecule has 154 valence electrons. The summed E-state index contributed by atoms with van der Waals surface area (Å²) in [5.41, 5.74) is 2.65. The van der Waals surface area contributed by atoms with E-state index in [1.807, 2.05) is 6.07 Å². The summed E-state index contributed by atoms with van der Waals surface area (Å²) in [7, 11) is 2.97. The van der Waals surface area contributed by atoms with Gasteiger partial charge in [0.15, 0.2) is 0 Å². The lowest BCUT2D eigenvalue weighted by Crippen LogP contribution is -2.17. The zero-order valence-electron chi connectivity index (χ0n) is 15.7. The predicted molar refractivity (Wildman–Crippen MR) is 105 cm³/mol. The van der Waals surface area contributed by atoms with Gasteiger partial charge in [-0.2, -0.15) is 0 Å². The molecule has 9 heteroatoms. The van der Waals surface area contributed by atoms with Crippen molar-refractivity contribution in [1.29, 1.82) is 0 Å². The number of rotatable bonds is 4. The van der Waals surface area contributed by atoms with Crippen molar-refractivity contribution in [3.05, 3.63) is 62.8 Å². The number of methoxy groups -OCH3 is 1. The Labute approximate surface area is 174 Å². The summed E-state index contributed by atoms with van der Waals surface area (Å²) in [4.78, 5) is 11.9. The molecule has 3 aromatic rings. The Morgan fingerprint density at radius 3 is 2.48 bits per heavy atom. The molecule has 1 aromatic heterocycles. The van der Waals surface area contributed by atoms with Crippen LogP contribution in [-0.4, -0.2) is 24.0 Å². The number of aryl methyl sites for hydroxylation is 2. The van der Waals surface area contributed by atoms with Crippen molar-refractivity contribution >= 4 is 40.1 Å². The van der Waals surface area contributed by atoms with E-state index in [1.54, 1.807) is 24.6 Å². The number of nitrogens with zero attached hydrogens (tertiary/aromatic N) is 1. The highest BCUT2D eigenvalue weighted by Gasteiger charge is 2.31. The Morgan fingerprint density at radius 1 is 1.17 bits per heavy atom. The minimum absolute atomic E-state index is 0.174. The van der Waals surface area contributed by atoms with Crippen molar-refractivity contribution in [3.8, 4) is 5.75 Å². The van der Waals surface area contributed by atoms with Gasteiger partial charge < -0.3 is 14.0 Å². The van der Waals surface area contributed by atoms with Crippen LogP contribution < -0.4 is 4.74 Å². The summed E-state index contributed by atoms with van der Waals surface area (Å²) in [6, 6.07) is 7.54. The van der Waals surface area contributed by atoms with E-state index in [0.29, 0.717) is 21.7 Å². The number of halogens is 5. The maximum Gasteiger partial charge on any atom is 0.573 e. The van der Waals surface area contributed by atoms with Crippen LogP contribution in [0.1, 0.15) is 27.2 Å². The highest BCUT2D eigenvalue weighted by atomic mass is 35.5. The minimum atomic E-state index is -4.77. The van der Waals surface area contributed by atoms with Gasteiger partial charge in [0.2, 0.25) is 0 Å². The Balaban J connectivity index is 2.07. The number of hydrogen-bond donors (Lipinski definition) is 0. The first-order chi connectivity index (χ1) is 13.5. The van der Waals surface area contributed by atoms with E-state index in [-0.39, 0.29) is 22.8 Å². The van der Waals surface area contributed by atoms with Crippen molar-refractivity contribution < 1.29 is 27.4 Å². The van der Waals surface area contributed by atoms with Gasteiger partial charge in [-0.15, -0.1) is 13.2 Å². The second kappa shape index (κ2) is 7.80. The van der Waals surface area contributed by atoms with Crippen molar-refractivity contribution in [2.45, 2.75) is 19.7 Å². The molecule has 4 nitrogen and oxygen atoms in total. The van der Waals surface area contributed by atoms with Gasteiger partial charge >= 0.3 is 12.3 Å². The molecule has 3 rings (SSSR count). The molecule has 0 unspecified atom stereocenters. The average Bonchev–Trinajstić information content (AvgIpc) is 2.93. The molecule has 0 aliphatic heterocycles. The van der Waals surface area contributed by atoms with E-state index in [1.165, 1.54) is 25.3 Å². The zero-order valence-corrected chi connectivity index (χ0v) is 17.2. The molecule has 29 heavy (non-hydrogen) atoms. The highest BCUT2D eigenvalue weighted by molar-refractivity contribution is 6.38. The van der Waals surface area contributed by atoms with Crippen molar-refractivity contribution in [3.63, 3.8) is 0 Å². The van der Waals surface area contributed by atoms with Gasteiger partial charge in [-0.05, 0) is 42.3 Å². The van der Waals surface area contributed by atoms with Crippen molar-refractivity contribution in [2.75, 3.05) is 7.11 Å². The number of alkyl halides is 3. The number of fused-ring (bicyclic) bond motifs is 1. The van der Waals surface area contributed by atoms with Gasteiger partial charge in [-0.25, -0.2) is 4.79 Å². The molecular weight excluding hydrogens is 430 g/mol. The van der Waals surface area contributed by atoms with E-state index in [2.05, 4.69) is 4.74 Å². The van der Waals surface area contributed by atoms with Crippen LogP contribution >= 0.6 is 23.2 Å². The number of carbonyl (C=O) groups is 1. The highest BCUT2D eigenvalue weighted by Crippen LogP contribution is 2.34. The lowest BCUT2D eigenvalue weighted by atomic mass is 10.1. The molecule has 0 saturated carbocycles.